The molecule has 2 aliphatic rings. The zero-order chi connectivity index (χ0) is 27.8. The van der Waals surface area contributed by atoms with E-state index in [9.17, 15) is 4.79 Å². The van der Waals surface area contributed by atoms with E-state index >= 15 is 0 Å². The lowest BCUT2D eigenvalue weighted by molar-refractivity contribution is -0.126. The maximum absolute atomic E-state index is 13.8. The Hall–Kier alpha value is -4.73. The van der Waals surface area contributed by atoms with Gasteiger partial charge in [0.15, 0.2) is 17.0 Å². The maximum atomic E-state index is 13.8. The van der Waals surface area contributed by atoms with Crippen LogP contribution in [0.2, 0.25) is 0 Å². The quantitative estimate of drug-likeness (QED) is 0.152. The van der Waals surface area contributed by atoms with Gasteiger partial charge in [0.1, 0.15) is 12.4 Å². The topological polar surface area (TPSA) is 147 Å². The molecule has 3 aromatic carbocycles. The van der Waals surface area contributed by atoms with Gasteiger partial charge in [0, 0.05) is 36.5 Å². The van der Waals surface area contributed by atoms with Crippen molar-refractivity contribution in [3.63, 3.8) is 0 Å². The van der Waals surface area contributed by atoms with Gasteiger partial charge in [0.05, 0.1) is 13.2 Å². The Kier molecular flexibility index (Phi) is 8.34. The largest absolute Gasteiger partial charge is 0.494 e. The Morgan fingerprint density at radius 3 is 2.67 bits per heavy atom. The summed E-state index contributed by atoms with van der Waals surface area (Å²) in [5.41, 5.74) is 10.8. The number of rotatable bonds is 12. The molecule has 11 nitrogen and oxygen atoms in total. The fourth-order valence-corrected chi connectivity index (χ4v) is 4.53. The molecule has 3 aromatic rings. The molecule has 40 heavy (non-hydrogen) atoms. The second-order valence-electron chi connectivity index (χ2n) is 9.39. The van der Waals surface area contributed by atoms with Crippen LogP contribution < -0.4 is 19.5 Å². The van der Waals surface area contributed by atoms with Crippen LogP contribution in [0.1, 0.15) is 28.7 Å². The molecule has 2 aliphatic heterocycles. The molecule has 2 N–H and O–H groups in total. The van der Waals surface area contributed by atoms with Crippen molar-refractivity contribution in [2.75, 3.05) is 26.6 Å². The number of carbonyl (C=O) groups excluding carboxylic acids is 1. The van der Waals surface area contributed by atoms with Gasteiger partial charge in [0.2, 0.25) is 12.7 Å². The first-order chi connectivity index (χ1) is 19.6. The Morgan fingerprint density at radius 1 is 1.07 bits per heavy atom. The van der Waals surface area contributed by atoms with Crippen LogP contribution in [0.5, 0.6) is 17.2 Å². The van der Waals surface area contributed by atoms with Gasteiger partial charge in [-0.15, -0.1) is 0 Å². The molecular weight excluding hydrogens is 514 g/mol. The Labute approximate surface area is 231 Å². The first-order valence-corrected chi connectivity index (χ1v) is 12.9. The van der Waals surface area contributed by atoms with E-state index in [-0.39, 0.29) is 45.4 Å². The Morgan fingerprint density at radius 2 is 1.88 bits per heavy atom. The summed E-state index contributed by atoms with van der Waals surface area (Å²) < 4.78 is 22.5. The van der Waals surface area contributed by atoms with Crippen molar-refractivity contribution in [3.8, 4) is 17.2 Å². The van der Waals surface area contributed by atoms with Crippen LogP contribution in [-0.4, -0.2) is 49.1 Å². The lowest BCUT2D eigenvalue weighted by atomic mass is 9.89. The average molecular weight is 544 g/mol. The number of ether oxygens (including phenoxy) is 4. The number of carbonyl (C=O) groups is 1. The summed E-state index contributed by atoms with van der Waals surface area (Å²) in [5, 5.41) is 15.7. The number of benzene rings is 3. The van der Waals surface area contributed by atoms with Crippen LogP contribution in [0.15, 0.2) is 76.8 Å². The second kappa shape index (κ2) is 12.4. The third-order valence-electron chi connectivity index (χ3n) is 6.65. The molecule has 1 amide bonds. The molecule has 0 saturated heterocycles. The molecule has 5 rings (SSSR count). The molecule has 0 aliphatic carbocycles. The molecule has 0 fully saturated rings. The lowest BCUT2D eigenvalue weighted by Gasteiger charge is -2.24. The van der Waals surface area contributed by atoms with Gasteiger partial charge in [-0.1, -0.05) is 35.4 Å². The molecule has 0 radical (unpaired) electrons. The summed E-state index contributed by atoms with van der Waals surface area (Å²) in [4.78, 5) is 21.5. The molecule has 0 saturated carbocycles. The minimum Gasteiger partial charge on any atom is -0.494 e. The number of hydrogen-bond acceptors (Lipinski definition) is 8. The normalized spacial score (nSPS) is 17.0. The molecule has 0 spiro atoms. The molecular formula is C29H29N5O6. The lowest BCUT2D eigenvalue weighted by Crippen LogP contribution is -2.48. The number of azide groups is 1. The zero-order valence-corrected chi connectivity index (χ0v) is 21.8. The van der Waals surface area contributed by atoms with E-state index in [4.69, 9.17) is 34.6 Å². The fraction of sp³-hybridized carbons (Fsp3) is 0.310. The van der Waals surface area contributed by atoms with Gasteiger partial charge >= 0.3 is 0 Å². The summed E-state index contributed by atoms with van der Waals surface area (Å²) in [7, 11) is 0. The highest BCUT2D eigenvalue weighted by Gasteiger charge is 2.44. The highest BCUT2D eigenvalue weighted by Crippen LogP contribution is 2.33. The highest BCUT2D eigenvalue weighted by atomic mass is 16.7. The molecule has 11 heteroatoms. The second-order valence-corrected chi connectivity index (χ2v) is 9.39. The van der Waals surface area contributed by atoms with Crippen LogP contribution in [0, 0.1) is 0 Å². The summed E-state index contributed by atoms with van der Waals surface area (Å²) >= 11 is 0. The van der Waals surface area contributed by atoms with Gasteiger partial charge in [-0.2, -0.15) is 0 Å². The van der Waals surface area contributed by atoms with Crippen LogP contribution in [0.3, 0.4) is 0 Å². The molecule has 2 heterocycles. The number of aliphatic hydroxyl groups excluding tert-OH is 1. The smallest absolute Gasteiger partial charge is 0.252 e. The average Bonchev–Trinajstić information content (AvgIpc) is 3.64. The zero-order valence-electron chi connectivity index (χ0n) is 21.8. The number of nitrogens with zero attached hydrogens (tertiary/aromatic N) is 4. The molecule has 1 atom stereocenters. The van der Waals surface area contributed by atoms with E-state index in [0.29, 0.717) is 41.7 Å². The van der Waals surface area contributed by atoms with Gasteiger partial charge in [-0.3, -0.25) is 4.79 Å². The fourth-order valence-electron chi connectivity index (χ4n) is 4.53. The minimum atomic E-state index is -1.24. The van der Waals surface area contributed by atoms with Gasteiger partial charge in [0.25, 0.3) is 5.91 Å². The third-order valence-corrected chi connectivity index (χ3v) is 6.65. The third kappa shape index (κ3) is 6.12. The van der Waals surface area contributed by atoms with Crippen molar-refractivity contribution >= 4 is 11.8 Å². The van der Waals surface area contributed by atoms with E-state index < -0.39 is 5.54 Å². The van der Waals surface area contributed by atoms with Crippen LogP contribution in [-0.2, 0) is 29.0 Å². The predicted molar refractivity (Wildman–Crippen MR) is 146 cm³/mol. The van der Waals surface area contributed by atoms with Crippen molar-refractivity contribution in [2.24, 2.45) is 10.1 Å². The number of nitrogens with one attached hydrogen (secondary N) is 1. The van der Waals surface area contributed by atoms with E-state index in [0.717, 1.165) is 16.7 Å². The SMILES string of the molecule is [N-]=[N+]=NCc1ccccc1C[C@]1(C(=O)NCc2ccc3c(c2)OCO3)COC(c2ccc(OCCCO)cc2)=N1. The molecule has 0 unspecified atom stereocenters. The van der Waals surface area contributed by atoms with Crippen LogP contribution in [0.25, 0.3) is 10.4 Å². The van der Waals surface area contributed by atoms with Crippen molar-refractivity contribution in [3.05, 3.63) is 99.4 Å². The van der Waals surface area contributed by atoms with E-state index in [1.54, 1.807) is 12.1 Å². The van der Waals surface area contributed by atoms with Gasteiger partial charge in [-0.25, -0.2) is 4.99 Å². The first kappa shape index (κ1) is 26.9. The highest BCUT2D eigenvalue weighted by molar-refractivity contribution is 6.00. The summed E-state index contributed by atoms with van der Waals surface area (Å²) in [5.74, 6) is 2.04. The minimum absolute atomic E-state index is 0.0416. The van der Waals surface area contributed by atoms with Crippen LogP contribution in [0.4, 0.5) is 0 Å². The molecule has 206 valence electrons. The van der Waals surface area contributed by atoms with Crippen molar-refractivity contribution in [1.82, 2.24) is 5.32 Å². The molecule has 0 bridgehead atoms. The van der Waals surface area contributed by atoms with Crippen molar-refractivity contribution in [1.29, 1.82) is 0 Å². The standard InChI is InChI=1S/C29H29N5O6/c30-34-32-17-23-5-2-1-4-22(23)15-29(28(36)31-16-20-6-11-25-26(14-20)40-19-39-25)18-38-27(33-29)21-7-9-24(10-8-21)37-13-3-12-35/h1-2,4-11,14,35H,3,12-13,15-19H2,(H,31,36)/t29-/m1/s1. The predicted octanol–water partition coefficient (Wildman–Crippen LogP) is 4.06. The van der Waals surface area contributed by atoms with E-state index in [2.05, 4.69) is 15.3 Å². The summed E-state index contributed by atoms with van der Waals surface area (Å²) in [6, 6.07) is 20.3. The number of amides is 1. The number of fused-ring (bicyclic) bond motifs is 1. The number of hydrogen-bond donors (Lipinski definition) is 2. The van der Waals surface area contributed by atoms with Gasteiger partial charge in [-0.05, 0) is 58.6 Å². The maximum Gasteiger partial charge on any atom is 0.252 e. The monoisotopic (exact) mass is 543 g/mol. The number of aliphatic imine (C=N–C) groups is 1. The van der Waals surface area contributed by atoms with E-state index in [1.165, 1.54) is 0 Å². The summed E-state index contributed by atoms with van der Waals surface area (Å²) in [6.45, 7) is 1.12. The first-order valence-electron chi connectivity index (χ1n) is 12.9. The Bertz CT molecular complexity index is 1440. The molecule has 0 aromatic heterocycles. The summed E-state index contributed by atoms with van der Waals surface area (Å²) in [6.07, 6.45) is 0.797. The van der Waals surface area contributed by atoms with Gasteiger partial charge < -0.3 is 29.4 Å². The number of aliphatic hydroxyl groups is 1. The van der Waals surface area contributed by atoms with Crippen molar-refractivity contribution < 1.29 is 28.8 Å². The Balaban J connectivity index is 1.40. The van der Waals surface area contributed by atoms with E-state index in [1.807, 2.05) is 54.6 Å². The van der Waals surface area contributed by atoms with Crippen LogP contribution >= 0.6 is 0 Å². The van der Waals surface area contributed by atoms with Crippen molar-refractivity contribution in [2.45, 2.75) is 31.5 Å².